The number of aromatic nitrogens is 16. The van der Waals surface area contributed by atoms with Crippen molar-refractivity contribution < 1.29 is 98.4 Å². The molecule has 8 fully saturated rings. The van der Waals surface area contributed by atoms with Crippen molar-refractivity contribution in [3.8, 4) is 0 Å². The predicted octanol–water partition coefficient (Wildman–Crippen LogP) is -1.06. The van der Waals surface area contributed by atoms with Crippen LogP contribution in [0.1, 0.15) is 89.2 Å². The van der Waals surface area contributed by atoms with Gasteiger partial charge in [0.2, 0.25) is 17.8 Å². The summed E-state index contributed by atoms with van der Waals surface area (Å²) in [4.78, 5) is 153. The van der Waals surface area contributed by atoms with Crippen LogP contribution in [0.4, 0.5) is 23.7 Å². The van der Waals surface area contributed by atoms with Crippen molar-refractivity contribution in [2.45, 2.75) is 188 Å². The molecule has 0 amide bonds. The Morgan fingerprint density at radius 3 is 1.51 bits per heavy atom. The van der Waals surface area contributed by atoms with Gasteiger partial charge < -0.3 is 98.7 Å². The Hall–Kier alpha value is -6.46. The summed E-state index contributed by atoms with van der Waals surface area (Å²) in [6, 6.07) is 0. The van der Waals surface area contributed by atoms with Crippen molar-refractivity contribution in [2.75, 3.05) is 49.4 Å². The van der Waals surface area contributed by atoms with Crippen molar-refractivity contribution in [1.82, 2.24) is 77.7 Å². The number of H-pyrrole nitrogens is 4. The number of thiol groups is 1. The number of anilines is 4. The van der Waals surface area contributed by atoms with E-state index in [1.54, 1.807) is 20.8 Å². The van der Waals surface area contributed by atoms with Crippen LogP contribution in [0.25, 0.3) is 33.5 Å². The number of imidazole rings is 3. The van der Waals surface area contributed by atoms with E-state index >= 15 is 4.57 Å². The predicted molar refractivity (Wildman–Crippen MR) is 396 cm³/mol. The van der Waals surface area contributed by atoms with Gasteiger partial charge in [0.1, 0.15) is 83.9 Å². The van der Waals surface area contributed by atoms with Crippen molar-refractivity contribution in [1.29, 1.82) is 0 Å². The summed E-state index contributed by atoms with van der Waals surface area (Å²) in [5, 5.41) is 11.8. The molecule has 25 atom stereocenters. The van der Waals surface area contributed by atoms with Gasteiger partial charge in [-0.1, -0.05) is 19.2 Å². The van der Waals surface area contributed by atoms with Crippen LogP contribution in [-0.4, -0.2) is 220 Å². The van der Waals surface area contributed by atoms with Gasteiger partial charge in [0, 0.05) is 36.4 Å². The Balaban J connectivity index is 0.667. The number of hydrogen-bond acceptors (Lipinski definition) is 38. The molecule has 8 aromatic rings. The normalized spacial score (nSPS) is 34.8. The summed E-state index contributed by atoms with van der Waals surface area (Å²) in [7, 11) is 0. The molecule has 16 rings (SSSR count). The Morgan fingerprint density at radius 1 is 0.545 bits per heavy atom. The molecule has 6 bridgehead atoms. The van der Waals surface area contributed by atoms with Gasteiger partial charge in [-0.2, -0.15) is 19.9 Å². The fraction of sp³-hybridized carbons (Fsp3) is 0.596. The summed E-state index contributed by atoms with van der Waals surface area (Å²) >= 11 is 21.6. The third-order valence-corrected chi connectivity index (χ3v) is 27.3. The minimum atomic E-state index is -4.89. The largest absolute Gasteiger partial charge is 0.387 e. The molecule has 0 radical (unpaired) electrons. The number of rotatable bonds is 26. The van der Waals surface area contributed by atoms with Gasteiger partial charge in [0.15, 0.2) is 52.2 Å². The zero-order valence-corrected chi connectivity index (χ0v) is 66.0. The number of aromatic amines is 4. The molecule has 0 aliphatic carbocycles. The first-order valence-electron chi connectivity index (χ1n) is 34.3. The molecule has 7 unspecified atom stereocenters. The molecule has 112 heavy (non-hydrogen) atoms. The summed E-state index contributed by atoms with van der Waals surface area (Å²) in [5.74, 6) is -0.833. The molecule has 8 aliphatic rings. The monoisotopic (exact) mass is 1720 g/mol. The lowest BCUT2D eigenvalue weighted by atomic mass is 9.94. The van der Waals surface area contributed by atoms with E-state index in [9.17, 15) is 48.6 Å². The third kappa shape index (κ3) is 13.8. The lowest BCUT2D eigenvalue weighted by molar-refractivity contribution is -0.218. The van der Waals surface area contributed by atoms with E-state index in [0.717, 1.165) is 9.13 Å². The molecule has 16 N–H and O–H groups in total. The molecule has 0 aromatic carbocycles. The molecule has 8 saturated heterocycles. The molecular formula is C57H72N20O27P4S4. The number of nitrogen functional groups attached to an aromatic ring is 4. The fourth-order valence-corrected chi connectivity index (χ4v) is 21.3. The van der Waals surface area contributed by atoms with Crippen LogP contribution in [0.2, 0.25) is 0 Å². The molecular weight excluding hydrogens is 1650 g/mol. The molecule has 55 heteroatoms. The van der Waals surface area contributed by atoms with E-state index in [1.807, 2.05) is 0 Å². The van der Waals surface area contributed by atoms with Crippen LogP contribution in [0, 0.1) is 13.8 Å². The van der Waals surface area contributed by atoms with Gasteiger partial charge in [0.05, 0.1) is 75.9 Å². The topological polar surface area (TPSA) is 630 Å². The number of nitrogens with two attached hydrogens (primary N) is 4. The van der Waals surface area contributed by atoms with Gasteiger partial charge in [-0.05, 0) is 76.5 Å². The second kappa shape index (κ2) is 28.7. The average molecular weight is 1720 g/mol. The Morgan fingerprint density at radius 2 is 0.973 bits per heavy atom. The van der Waals surface area contributed by atoms with Crippen LogP contribution in [0.3, 0.4) is 0 Å². The second-order valence-corrected chi connectivity index (χ2v) is 39.1. The molecule has 47 nitrogen and oxygen atoms in total. The van der Waals surface area contributed by atoms with Crippen LogP contribution in [-0.2, 0) is 114 Å². The van der Waals surface area contributed by atoms with Gasteiger partial charge in [-0.25, -0.2) is 29.1 Å². The zero-order chi connectivity index (χ0) is 79.7. The van der Waals surface area contributed by atoms with Crippen molar-refractivity contribution in [2.24, 2.45) is 0 Å². The fourth-order valence-electron chi connectivity index (χ4n) is 15.4. The van der Waals surface area contributed by atoms with Crippen LogP contribution < -0.4 is 56.6 Å². The lowest BCUT2D eigenvalue weighted by Crippen LogP contribution is -2.51. The van der Waals surface area contributed by atoms with E-state index in [-0.39, 0.29) is 75.6 Å². The van der Waals surface area contributed by atoms with E-state index < -0.39 is 214 Å². The standard InChI is InChI=1S/C57H72N20O27P4S4/c1-7-24-25(8-29(96-24)75-16-62-30-40(75)66-50(59)69-44(30)80)101-105(85,109)89-12-27-26(9-28(97-27)73-11-20(3)43(79)72-54(73)84)102-106(86,110)91-14-56-22(5)94-34(48(99-56)76-17-63-31-41(76)67-51(60)70-45(31)81)37(56)104-108(88,112)92-15-57-23(6)95-35(49(100-57)77-18-64-32-42(77)68-52(61)71-46(32)82)38(57)103-107(87,111)90-13-55-21(4)93-33(36(55)78)47(98-55)74-10-19(2)39(58)65-53(74)83/h10-11,16-18,21-29,33-38,47-49,78H,7-9,12-15H2,1-6H3,(H,85,109)(H,86,110)(H,87,111)(H,88,112)(H2,58,65,83)(H,72,79,84)(H3,59,66,69,80)(H3,60,67,70,81)(H3,61,68,71,82)/t21-,22-,23-,24+,25+,26+,27+,28+,29+,33?,34?,35?,36+,37+,38+,47+,48+,49+,55-,56-,57-,105?,106?,107?,108?/m0/s1. The van der Waals surface area contributed by atoms with Crippen molar-refractivity contribution in [3.63, 3.8) is 0 Å². The highest BCUT2D eigenvalue weighted by Gasteiger charge is 2.72. The Kier molecular flexibility index (Phi) is 20.4. The molecule has 8 aromatic heterocycles. The first-order chi connectivity index (χ1) is 52.8. The number of hydrogen-bond donors (Lipinski definition) is 13. The minimum absolute atomic E-state index is 0.00850. The Labute approximate surface area is 646 Å². The first kappa shape index (κ1) is 79.4. The number of nitrogens with one attached hydrogen (secondary N) is 4. The van der Waals surface area contributed by atoms with Gasteiger partial charge in [-0.15, -0.1) is 0 Å². The maximum Gasteiger partial charge on any atom is 0.386 e. The van der Waals surface area contributed by atoms with Gasteiger partial charge in [0.25, 0.3) is 22.2 Å². The maximum atomic E-state index is 15.2. The highest BCUT2D eigenvalue weighted by atomic mass is 32.7. The summed E-state index contributed by atoms with van der Waals surface area (Å²) in [6.45, 7) is -12.4. The molecule has 8 aliphatic heterocycles. The number of aliphatic hydroxyl groups is 1. The van der Waals surface area contributed by atoms with Gasteiger partial charge >= 0.3 is 38.3 Å². The highest BCUT2D eigenvalue weighted by molar-refractivity contribution is 8.44. The quantitative estimate of drug-likeness (QED) is 0.0227. The summed E-state index contributed by atoms with van der Waals surface area (Å²) in [6.07, 6.45) is -16.2. The number of aliphatic hydroxyl groups excluding tert-OH is 1. The Bertz CT molecular complexity index is 5720. The zero-order valence-electron chi connectivity index (χ0n) is 59.0. The SMILES string of the molecule is CC[C@H]1O[C@@H](n2cnc3c(=O)[nH]c(N)nc32)C[C@H]1OP(O)(=S)OC[C@H]1O[C@@H](n2cc(C)c(=O)[nH]c2=O)C[C@H]1OP(=O)(S)OC[C@]12O[C@@H](n3cnc4c(=O)[nH]c(N)nc43)C(O[C@H]1C)[C@H]2OP(O)(=S)OC[C@]12O[C@@H](n3cnc4c(=O)[nH]c(N)nc43)C(O[C@H]1C)[C@H]2OP(O)(=S)OC[C@]12O[C@@H](n3cc(C)c(N)nc3=O)C(O[C@H]1C)[C@H]2O. The first-order valence-corrected chi connectivity index (χ1v) is 44.7. The third-order valence-electron chi connectivity index (χ3n) is 21.1. The van der Waals surface area contributed by atoms with E-state index in [2.05, 4.69) is 67.1 Å². The molecule has 0 spiro atoms. The number of aryl methyl sites for hydroxylation is 2. The average Bonchev–Trinajstić information content (AvgIpc) is 1.55. The van der Waals surface area contributed by atoms with Gasteiger partial charge in [-0.3, -0.25) is 80.0 Å². The number of ether oxygens (including phenoxy) is 8. The van der Waals surface area contributed by atoms with Crippen molar-refractivity contribution in [3.05, 3.63) is 105 Å². The lowest BCUT2D eigenvalue weighted by Gasteiger charge is -2.38. The number of fused-ring (bicyclic) bond motifs is 9. The van der Waals surface area contributed by atoms with E-state index in [4.69, 9.17) is 132 Å². The number of nitrogens with zero attached hydrogens (tertiary/aromatic N) is 12. The minimum Gasteiger partial charge on any atom is -0.387 e. The van der Waals surface area contributed by atoms with Crippen LogP contribution in [0.5, 0.6) is 0 Å². The highest BCUT2D eigenvalue weighted by Crippen LogP contribution is 2.64. The summed E-state index contributed by atoms with van der Waals surface area (Å²) in [5.41, 5.74) is 13.5. The van der Waals surface area contributed by atoms with E-state index in [0.29, 0.717) is 12.0 Å². The van der Waals surface area contributed by atoms with Crippen molar-refractivity contribution >= 4 is 132 Å². The van der Waals surface area contributed by atoms with Crippen LogP contribution in [0.15, 0.2) is 60.1 Å². The maximum absolute atomic E-state index is 15.2. The van der Waals surface area contributed by atoms with Crippen LogP contribution >= 0.6 is 39.2 Å². The summed E-state index contributed by atoms with van der Waals surface area (Å²) < 4.78 is 123. The molecule has 16 heterocycles. The smallest absolute Gasteiger partial charge is 0.386 e. The second-order valence-electron chi connectivity index (χ2n) is 27.8. The van der Waals surface area contributed by atoms with E-state index in [1.165, 1.54) is 65.8 Å². The molecule has 606 valence electrons. The molecule has 0 saturated carbocycles.